The Bertz CT molecular complexity index is 1200. The Morgan fingerprint density at radius 2 is 1.60 bits per heavy atom. The summed E-state index contributed by atoms with van der Waals surface area (Å²) in [5, 5.41) is 6.14. The van der Waals surface area contributed by atoms with Gasteiger partial charge in [-0.1, -0.05) is 6.07 Å². The Balaban J connectivity index is 1.63. The number of anilines is 2. The highest BCUT2D eigenvalue weighted by molar-refractivity contribution is 6.17. The van der Waals surface area contributed by atoms with Gasteiger partial charge in [-0.15, -0.1) is 0 Å². The Hall–Kier alpha value is -4.04. The second-order valence-corrected chi connectivity index (χ2v) is 8.21. The van der Waals surface area contributed by atoms with E-state index >= 15 is 0 Å². The third-order valence-electron chi connectivity index (χ3n) is 5.95. The Morgan fingerprint density at radius 3 is 2.29 bits per heavy atom. The molecular formula is C27H29N3O5. The van der Waals surface area contributed by atoms with E-state index in [4.69, 9.17) is 19.9 Å². The second kappa shape index (κ2) is 10.9. The summed E-state index contributed by atoms with van der Waals surface area (Å²) in [6.45, 7) is 1.71. The maximum absolute atomic E-state index is 13.4. The van der Waals surface area contributed by atoms with E-state index in [2.05, 4.69) is 10.6 Å². The molecule has 1 fully saturated rings. The maximum Gasteiger partial charge on any atom is 0.259 e. The van der Waals surface area contributed by atoms with Crippen molar-refractivity contribution in [3.63, 3.8) is 0 Å². The third-order valence-corrected chi connectivity index (χ3v) is 5.95. The third kappa shape index (κ3) is 5.55. The quantitative estimate of drug-likeness (QED) is 0.335. The molecule has 0 bridgehead atoms. The first kappa shape index (κ1) is 24.1. The molecule has 0 aliphatic carbocycles. The minimum atomic E-state index is -0.432. The van der Waals surface area contributed by atoms with Crippen LogP contribution in [0.4, 0.5) is 11.4 Å². The van der Waals surface area contributed by atoms with E-state index in [0.29, 0.717) is 28.4 Å². The largest absolute Gasteiger partial charge is 0.497 e. The summed E-state index contributed by atoms with van der Waals surface area (Å²) in [5.74, 6) is 0.948. The molecule has 1 heterocycles. The normalized spacial score (nSPS) is 13.7. The van der Waals surface area contributed by atoms with E-state index in [1.807, 2.05) is 0 Å². The van der Waals surface area contributed by atoms with Crippen LogP contribution in [-0.2, 0) is 0 Å². The number of ketones is 1. The van der Waals surface area contributed by atoms with Crippen LogP contribution >= 0.6 is 0 Å². The molecule has 0 radical (unpaired) electrons. The van der Waals surface area contributed by atoms with Gasteiger partial charge in [0.2, 0.25) is 0 Å². The van der Waals surface area contributed by atoms with Crippen LogP contribution in [0.3, 0.4) is 0 Å². The molecule has 1 aliphatic heterocycles. The number of hydrogen-bond acceptors (Lipinski definition) is 7. The highest BCUT2D eigenvalue weighted by atomic mass is 16.5. The summed E-state index contributed by atoms with van der Waals surface area (Å²) in [7, 11) is 3.12. The standard InChI is InChI=1S/C27H29N3O5/c1-33-18-8-6-17(7-9-18)26(31)22-4-3-5-23(28)25(22)30-27(32)21-11-10-20(34-2)16-24(21)35-19-12-14-29-15-13-19/h3-11,16,19,29H,12-15,28H2,1-2H3,(H,30,32). The molecule has 1 saturated heterocycles. The molecule has 0 saturated carbocycles. The lowest BCUT2D eigenvalue weighted by Crippen LogP contribution is -2.34. The SMILES string of the molecule is COc1ccc(C(=O)c2cccc(N)c2NC(=O)c2ccc(OC)cc2OC2CCNCC2)cc1. The summed E-state index contributed by atoms with van der Waals surface area (Å²) in [6, 6.07) is 16.8. The van der Waals surface area contributed by atoms with Gasteiger partial charge in [-0.25, -0.2) is 0 Å². The van der Waals surface area contributed by atoms with Crippen LogP contribution in [0, 0.1) is 0 Å². The van der Waals surface area contributed by atoms with Gasteiger partial charge in [0.05, 0.1) is 31.2 Å². The van der Waals surface area contributed by atoms with Crippen molar-refractivity contribution in [3.8, 4) is 17.2 Å². The minimum absolute atomic E-state index is 0.0103. The van der Waals surface area contributed by atoms with E-state index in [1.54, 1.807) is 74.9 Å². The number of piperidine rings is 1. The summed E-state index contributed by atoms with van der Waals surface area (Å²) in [6.07, 6.45) is 1.67. The van der Waals surface area contributed by atoms with Gasteiger partial charge in [-0.3, -0.25) is 9.59 Å². The van der Waals surface area contributed by atoms with Gasteiger partial charge in [0, 0.05) is 17.2 Å². The first-order valence-electron chi connectivity index (χ1n) is 11.4. The second-order valence-electron chi connectivity index (χ2n) is 8.21. The fourth-order valence-corrected chi connectivity index (χ4v) is 3.99. The highest BCUT2D eigenvalue weighted by Gasteiger charge is 2.23. The van der Waals surface area contributed by atoms with Crippen LogP contribution in [0.2, 0.25) is 0 Å². The van der Waals surface area contributed by atoms with E-state index < -0.39 is 5.91 Å². The number of carbonyl (C=O) groups excluding carboxylic acids is 2. The average molecular weight is 476 g/mol. The zero-order chi connectivity index (χ0) is 24.8. The lowest BCUT2D eigenvalue weighted by Gasteiger charge is -2.25. The van der Waals surface area contributed by atoms with Crippen molar-refractivity contribution in [2.24, 2.45) is 0 Å². The molecule has 1 amide bonds. The summed E-state index contributed by atoms with van der Waals surface area (Å²) >= 11 is 0. The number of rotatable bonds is 8. The van der Waals surface area contributed by atoms with Crippen LogP contribution in [0.25, 0.3) is 0 Å². The molecule has 35 heavy (non-hydrogen) atoms. The summed E-state index contributed by atoms with van der Waals surface area (Å²) in [5.41, 5.74) is 7.80. The number of nitrogens with two attached hydrogens (primary N) is 1. The number of para-hydroxylation sites is 1. The summed E-state index contributed by atoms with van der Waals surface area (Å²) in [4.78, 5) is 26.7. The van der Waals surface area contributed by atoms with Gasteiger partial charge in [0.15, 0.2) is 5.78 Å². The number of hydrogen-bond donors (Lipinski definition) is 3. The zero-order valence-corrected chi connectivity index (χ0v) is 19.8. The molecule has 3 aromatic rings. The lowest BCUT2D eigenvalue weighted by molar-refractivity contribution is 0.101. The van der Waals surface area contributed by atoms with Gasteiger partial charge >= 0.3 is 0 Å². The molecule has 8 heteroatoms. The van der Waals surface area contributed by atoms with Crippen molar-refractivity contribution >= 4 is 23.1 Å². The average Bonchev–Trinajstić information content (AvgIpc) is 2.90. The number of benzene rings is 3. The van der Waals surface area contributed by atoms with Gasteiger partial charge in [-0.05, 0) is 74.5 Å². The fraction of sp³-hybridized carbons (Fsp3) is 0.259. The molecule has 0 aromatic heterocycles. The van der Waals surface area contributed by atoms with E-state index in [1.165, 1.54) is 0 Å². The van der Waals surface area contributed by atoms with Crippen molar-refractivity contribution in [2.45, 2.75) is 18.9 Å². The number of amides is 1. The van der Waals surface area contributed by atoms with Gasteiger partial charge in [-0.2, -0.15) is 0 Å². The molecule has 4 rings (SSSR count). The van der Waals surface area contributed by atoms with Crippen molar-refractivity contribution < 1.29 is 23.8 Å². The smallest absolute Gasteiger partial charge is 0.259 e. The first-order valence-corrected chi connectivity index (χ1v) is 11.4. The van der Waals surface area contributed by atoms with Gasteiger partial charge in [0.1, 0.15) is 23.4 Å². The monoisotopic (exact) mass is 475 g/mol. The lowest BCUT2D eigenvalue weighted by atomic mass is 10.00. The predicted octanol–water partition coefficient (Wildman–Crippen LogP) is 3.90. The number of carbonyl (C=O) groups is 2. The Morgan fingerprint density at radius 1 is 0.914 bits per heavy atom. The van der Waals surface area contributed by atoms with E-state index in [9.17, 15) is 9.59 Å². The number of nitrogens with one attached hydrogen (secondary N) is 2. The molecule has 0 unspecified atom stereocenters. The maximum atomic E-state index is 13.4. The predicted molar refractivity (Wildman–Crippen MR) is 135 cm³/mol. The first-order chi connectivity index (χ1) is 17.0. The molecule has 4 N–H and O–H groups in total. The topological polar surface area (TPSA) is 112 Å². The van der Waals surface area contributed by atoms with Crippen LogP contribution in [-0.4, -0.2) is 45.1 Å². The van der Waals surface area contributed by atoms with E-state index in [-0.39, 0.29) is 28.8 Å². The van der Waals surface area contributed by atoms with Crippen LogP contribution < -0.4 is 30.6 Å². The molecular weight excluding hydrogens is 446 g/mol. The molecule has 8 nitrogen and oxygen atoms in total. The van der Waals surface area contributed by atoms with Crippen molar-refractivity contribution in [2.75, 3.05) is 38.4 Å². The van der Waals surface area contributed by atoms with E-state index in [0.717, 1.165) is 25.9 Å². The van der Waals surface area contributed by atoms with Crippen molar-refractivity contribution in [1.82, 2.24) is 5.32 Å². The molecule has 1 aliphatic rings. The van der Waals surface area contributed by atoms with Crippen LogP contribution in [0.15, 0.2) is 60.7 Å². The fourth-order valence-electron chi connectivity index (χ4n) is 3.99. The summed E-state index contributed by atoms with van der Waals surface area (Å²) < 4.78 is 16.7. The molecule has 0 atom stereocenters. The van der Waals surface area contributed by atoms with Crippen LogP contribution in [0.1, 0.15) is 39.1 Å². The number of nitrogen functional groups attached to an aromatic ring is 1. The van der Waals surface area contributed by atoms with Crippen molar-refractivity contribution in [3.05, 3.63) is 77.4 Å². The number of methoxy groups -OCH3 is 2. The van der Waals surface area contributed by atoms with Crippen LogP contribution in [0.5, 0.6) is 17.2 Å². The molecule has 3 aromatic carbocycles. The van der Waals surface area contributed by atoms with Gasteiger partial charge in [0.25, 0.3) is 5.91 Å². The highest BCUT2D eigenvalue weighted by Crippen LogP contribution is 2.31. The van der Waals surface area contributed by atoms with Gasteiger partial charge < -0.3 is 30.6 Å². The Labute approximate surface area is 204 Å². The minimum Gasteiger partial charge on any atom is -0.497 e. The van der Waals surface area contributed by atoms with Crippen molar-refractivity contribution in [1.29, 1.82) is 0 Å². The molecule has 0 spiro atoms. The zero-order valence-electron chi connectivity index (χ0n) is 19.8. The molecule has 182 valence electrons. The Kier molecular flexibility index (Phi) is 7.52. The number of ether oxygens (including phenoxy) is 3.